The molecule has 0 heterocycles. The normalized spacial score (nSPS) is 23.0. The van der Waals surface area contributed by atoms with Gasteiger partial charge in [-0.2, -0.15) is 0 Å². The summed E-state index contributed by atoms with van der Waals surface area (Å²) >= 11 is 0. The third-order valence-electron chi connectivity index (χ3n) is 15.6. The number of nitrogens with zero attached hydrogens (tertiary/aromatic N) is 1. The number of rotatable bonds is 10. The molecule has 0 saturated heterocycles. The quantitative estimate of drug-likeness (QED) is 0.133. The van der Waals surface area contributed by atoms with E-state index in [-0.39, 0.29) is 21.7 Å². The van der Waals surface area contributed by atoms with Gasteiger partial charge in [0.25, 0.3) is 0 Å². The fourth-order valence-corrected chi connectivity index (χ4v) is 13.4. The van der Waals surface area contributed by atoms with Crippen molar-refractivity contribution in [3.63, 3.8) is 0 Å². The molecule has 4 saturated carbocycles. The summed E-state index contributed by atoms with van der Waals surface area (Å²) in [5.74, 6) is 0. The third-order valence-corrected chi connectivity index (χ3v) is 15.6. The molecule has 4 aliphatic rings. The van der Waals surface area contributed by atoms with E-state index in [1.54, 1.807) is 0 Å². The van der Waals surface area contributed by atoms with Crippen LogP contribution in [0.25, 0.3) is 33.4 Å². The molecule has 0 radical (unpaired) electrons. The van der Waals surface area contributed by atoms with Crippen LogP contribution >= 0.6 is 0 Å². The van der Waals surface area contributed by atoms with Crippen LogP contribution in [-0.4, -0.2) is 0 Å². The summed E-state index contributed by atoms with van der Waals surface area (Å²) in [6.45, 7) is 0. The lowest BCUT2D eigenvalue weighted by Gasteiger charge is -2.71. The Labute approximate surface area is 384 Å². The topological polar surface area (TPSA) is 3.24 Å². The molecule has 1 nitrogen and oxygen atoms in total. The van der Waals surface area contributed by atoms with Crippen molar-refractivity contribution in [3.05, 3.63) is 271 Å². The van der Waals surface area contributed by atoms with E-state index in [0.29, 0.717) is 0 Å². The van der Waals surface area contributed by atoms with Crippen LogP contribution in [0.3, 0.4) is 0 Å². The summed E-state index contributed by atoms with van der Waals surface area (Å²) < 4.78 is 0. The molecule has 65 heavy (non-hydrogen) atoms. The number of hydrogen-bond donors (Lipinski definition) is 0. The predicted octanol–water partition coefficient (Wildman–Crippen LogP) is 16.6. The molecule has 4 fully saturated rings. The van der Waals surface area contributed by atoms with Gasteiger partial charge in [0.1, 0.15) is 0 Å². The second kappa shape index (κ2) is 15.8. The van der Waals surface area contributed by atoms with Gasteiger partial charge in [-0.05, 0) is 152 Å². The molecule has 13 rings (SSSR count). The van der Waals surface area contributed by atoms with Crippen molar-refractivity contribution in [2.75, 3.05) is 4.90 Å². The molecule has 314 valence electrons. The molecule has 0 aromatic heterocycles. The average Bonchev–Trinajstić information content (AvgIpc) is 3.38. The van der Waals surface area contributed by atoms with Gasteiger partial charge in [0.15, 0.2) is 0 Å². The van der Waals surface area contributed by atoms with Crippen molar-refractivity contribution in [2.45, 2.75) is 60.2 Å². The fourth-order valence-electron chi connectivity index (χ4n) is 13.4. The van der Waals surface area contributed by atoms with E-state index in [1.165, 1.54) is 94.2 Å². The predicted molar refractivity (Wildman–Crippen MR) is 271 cm³/mol. The molecule has 0 atom stereocenters. The number of benzene rings is 9. The maximum absolute atomic E-state index is 2.57. The van der Waals surface area contributed by atoms with Crippen molar-refractivity contribution in [1.82, 2.24) is 0 Å². The Hall–Kier alpha value is -7.22. The lowest BCUT2D eigenvalue weighted by molar-refractivity contribution is -0.0691. The van der Waals surface area contributed by atoms with Gasteiger partial charge >= 0.3 is 0 Å². The fraction of sp³-hybridized carbons (Fsp3) is 0.156. The van der Waals surface area contributed by atoms with Crippen LogP contribution in [0.5, 0.6) is 0 Å². The lowest BCUT2D eigenvalue weighted by Crippen LogP contribution is -2.67. The summed E-state index contributed by atoms with van der Waals surface area (Å²) in [5.41, 5.74) is 17.1. The molecule has 0 N–H and O–H groups in total. The van der Waals surface area contributed by atoms with Gasteiger partial charge in [-0.1, -0.05) is 212 Å². The number of anilines is 3. The van der Waals surface area contributed by atoms with Gasteiger partial charge < -0.3 is 4.90 Å². The summed E-state index contributed by atoms with van der Waals surface area (Å²) in [6, 6.07) is 93.1. The molecule has 4 aliphatic carbocycles. The van der Waals surface area contributed by atoms with Crippen molar-refractivity contribution in [3.8, 4) is 33.4 Å². The molecule has 0 aliphatic heterocycles. The first kappa shape index (κ1) is 39.4. The molecular weight excluding hydrogens is 783 g/mol. The molecular formula is C64H53N. The first-order chi connectivity index (χ1) is 32.0. The molecule has 9 aromatic rings. The third kappa shape index (κ3) is 6.93. The molecule has 1 heteroatoms. The average molecular weight is 836 g/mol. The summed E-state index contributed by atoms with van der Waals surface area (Å²) in [7, 11) is 0. The van der Waals surface area contributed by atoms with E-state index in [2.05, 4.69) is 254 Å². The standard InChI is InChI=1S/C64H53N/c1-6-17-48(18-7-1)50-29-35-58(36-30-50)65(59-37-31-51(32-38-59)49-19-8-2-9-20-49)60-39-33-52(34-40-60)53-21-16-28-57(41-53)64-45-61(54-22-10-3-11-23-54)42-62(46-64,55-24-12-4-13-25-55)44-63(43-61,47-64)56-26-14-5-15-27-56/h1-41H,42-47H2. The van der Waals surface area contributed by atoms with E-state index in [1.807, 2.05) is 0 Å². The molecule has 9 aromatic carbocycles. The van der Waals surface area contributed by atoms with Crippen molar-refractivity contribution >= 4 is 17.1 Å². The van der Waals surface area contributed by atoms with Gasteiger partial charge in [-0.15, -0.1) is 0 Å². The van der Waals surface area contributed by atoms with Gasteiger partial charge in [-0.3, -0.25) is 0 Å². The van der Waals surface area contributed by atoms with Crippen molar-refractivity contribution in [2.24, 2.45) is 0 Å². The van der Waals surface area contributed by atoms with E-state index in [0.717, 1.165) is 17.1 Å². The van der Waals surface area contributed by atoms with Gasteiger partial charge in [0.2, 0.25) is 0 Å². The second-order valence-electron chi connectivity index (χ2n) is 19.6. The highest BCUT2D eigenvalue weighted by Crippen LogP contribution is 2.74. The van der Waals surface area contributed by atoms with Crippen LogP contribution in [0.2, 0.25) is 0 Å². The van der Waals surface area contributed by atoms with Crippen molar-refractivity contribution in [1.29, 1.82) is 0 Å². The first-order valence-electron chi connectivity index (χ1n) is 23.5. The maximum Gasteiger partial charge on any atom is 0.0462 e. The second-order valence-corrected chi connectivity index (χ2v) is 19.6. The van der Waals surface area contributed by atoms with Gasteiger partial charge in [0.05, 0.1) is 0 Å². The number of hydrogen-bond acceptors (Lipinski definition) is 1. The highest BCUT2D eigenvalue weighted by Gasteiger charge is 2.69. The van der Waals surface area contributed by atoms with E-state index < -0.39 is 0 Å². The Balaban J connectivity index is 0.936. The smallest absolute Gasteiger partial charge is 0.0462 e. The molecule has 0 amide bonds. The van der Waals surface area contributed by atoms with Crippen LogP contribution in [0, 0.1) is 0 Å². The molecule has 0 spiro atoms. The van der Waals surface area contributed by atoms with Gasteiger partial charge in [-0.25, -0.2) is 0 Å². The SMILES string of the molecule is c1ccc(-c2ccc(N(c3ccc(-c4ccccc4)cc3)c3ccc(-c4cccc(C56CC7(c8ccccc8)CC(c8ccccc8)(CC(c8ccccc8)(C7)C5)C6)c4)cc3)cc2)cc1. The van der Waals surface area contributed by atoms with Gasteiger partial charge in [0, 0.05) is 17.1 Å². The Bertz CT molecular complexity index is 2830. The zero-order valence-corrected chi connectivity index (χ0v) is 36.9. The minimum absolute atomic E-state index is 0.0147. The summed E-state index contributed by atoms with van der Waals surface area (Å²) in [6.07, 6.45) is 7.13. The summed E-state index contributed by atoms with van der Waals surface area (Å²) in [5, 5.41) is 0. The van der Waals surface area contributed by atoms with Crippen LogP contribution < -0.4 is 4.90 Å². The highest BCUT2D eigenvalue weighted by molar-refractivity contribution is 5.81. The molecule has 4 bridgehead atoms. The molecule has 0 unspecified atom stereocenters. The van der Waals surface area contributed by atoms with Crippen LogP contribution in [0.15, 0.2) is 249 Å². The van der Waals surface area contributed by atoms with E-state index in [9.17, 15) is 0 Å². The monoisotopic (exact) mass is 835 g/mol. The minimum atomic E-state index is 0.0147. The lowest BCUT2D eigenvalue weighted by atomic mass is 9.32. The minimum Gasteiger partial charge on any atom is -0.311 e. The van der Waals surface area contributed by atoms with Crippen LogP contribution in [-0.2, 0) is 21.7 Å². The highest BCUT2D eigenvalue weighted by atomic mass is 15.1. The Morgan fingerprint density at radius 1 is 0.215 bits per heavy atom. The summed E-state index contributed by atoms with van der Waals surface area (Å²) in [4.78, 5) is 2.38. The maximum atomic E-state index is 2.57. The van der Waals surface area contributed by atoms with Crippen LogP contribution in [0.4, 0.5) is 17.1 Å². The van der Waals surface area contributed by atoms with E-state index >= 15 is 0 Å². The Morgan fingerprint density at radius 3 is 0.800 bits per heavy atom. The first-order valence-corrected chi connectivity index (χ1v) is 23.5. The zero-order chi connectivity index (χ0) is 43.3. The van der Waals surface area contributed by atoms with Crippen LogP contribution in [0.1, 0.15) is 60.8 Å². The zero-order valence-electron chi connectivity index (χ0n) is 36.9. The largest absolute Gasteiger partial charge is 0.311 e. The Morgan fingerprint density at radius 2 is 0.462 bits per heavy atom. The van der Waals surface area contributed by atoms with Crippen molar-refractivity contribution < 1.29 is 0 Å². The van der Waals surface area contributed by atoms with E-state index in [4.69, 9.17) is 0 Å². The Kier molecular flexibility index (Phi) is 9.56.